The van der Waals surface area contributed by atoms with Gasteiger partial charge >= 0.3 is 0 Å². The number of rotatable bonds is 4. The van der Waals surface area contributed by atoms with Gasteiger partial charge in [-0.1, -0.05) is 18.2 Å². The summed E-state index contributed by atoms with van der Waals surface area (Å²) in [5.41, 5.74) is 1.38. The van der Waals surface area contributed by atoms with Crippen LogP contribution >= 0.6 is 11.8 Å². The van der Waals surface area contributed by atoms with Crippen LogP contribution in [0.15, 0.2) is 29.2 Å². The molecule has 0 aliphatic rings. The number of ether oxygens (including phenoxy) is 1. The predicted octanol–water partition coefficient (Wildman–Crippen LogP) is 2.60. The monoisotopic (exact) mass is 182 g/mol. The van der Waals surface area contributed by atoms with Gasteiger partial charge in [-0.05, 0) is 24.3 Å². The fourth-order valence-electron chi connectivity index (χ4n) is 1.12. The molecule has 0 aromatic heterocycles. The Morgan fingerprint density at radius 2 is 2.08 bits per heavy atom. The minimum atomic E-state index is 0.803. The molecule has 0 spiro atoms. The summed E-state index contributed by atoms with van der Waals surface area (Å²) in [5.74, 6) is 0. The summed E-state index contributed by atoms with van der Waals surface area (Å²) in [4.78, 5) is 1.36. The van der Waals surface area contributed by atoms with Crippen molar-refractivity contribution in [2.45, 2.75) is 11.3 Å². The van der Waals surface area contributed by atoms with Gasteiger partial charge in [0.1, 0.15) is 0 Å². The molecule has 0 saturated heterocycles. The van der Waals surface area contributed by atoms with Crippen LogP contribution in [0.4, 0.5) is 0 Å². The second-order valence-electron chi connectivity index (χ2n) is 2.55. The molecule has 0 N–H and O–H groups in total. The van der Waals surface area contributed by atoms with Crippen LogP contribution in [0, 0.1) is 0 Å². The molecule has 0 amide bonds. The highest BCUT2D eigenvalue weighted by atomic mass is 32.2. The van der Waals surface area contributed by atoms with E-state index >= 15 is 0 Å². The maximum absolute atomic E-state index is 5.04. The summed E-state index contributed by atoms with van der Waals surface area (Å²) < 4.78 is 5.04. The number of hydrogen-bond donors (Lipinski definition) is 0. The minimum absolute atomic E-state index is 0.803. The first-order valence-electron chi connectivity index (χ1n) is 3.99. The van der Waals surface area contributed by atoms with Crippen LogP contribution in [-0.2, 0) is 11.2 Å². The molecule has 0 saturated carbocycles. The van der Waals surface area contributed by atoms with E-state index in [4.69, 9.17) is 4.74 Å². The highest BCUT2D eigenvalue weighted by molar-refractivity contribution is 7.98. The molecule has 1 aromatic rings. The summed E-state index contributed by atoms with van der Waals surface area (Å²) in [6.45, 7) is 0.803. The van der Waals surface area contributed by atoms with Gasteiger partial charge in [-0.25, -0.2) is 0 Å². The standard InChI is InChI=1S/C10H14OS/c1-11-8-7-9-5-3-4-6-10(9)12-2/h3-6H,7-8H2,1-2H3. The molecule has 0 aliphatic carbocycles. The lowest BCUT2D eigenvalue weighted by Crippen LogP contribution is -1.95. The van der Waals surface area contributed by atoms with Crippen molar-refractivity contribution in [3.8, 4) is 0 Å². The quantitative estimate of drug-likeness (QED) is 0.662. The number of methoxy groups -OCH3 is 1. The molecular weight excluding hydrogens is 168 g/mol. The molecule has 1 aromatic carbocycles. The molecule has 2 heteroatoms. The van der Waals surface area contributed by atoms with E-state index < -0.39 is 0 Å². The lowest BCUT2D eigenvalue weighted by atomic mass is 10.2. The van der Waals surface area contributed by atoms with Gasteiger partial charge in [0, 0.05) is 12.0 Å². The van der Waals surface area contributed by atoms with Crippen molar-refractivity contribution in [1.29, 1.82) is 0 Å². The Morgan fingerprint density at radius 3 is 2.75 bits per heavy atom. The maximum atomic E-state index is 5.04. The van der Waals surface area contributed by atoms with Gasteiger partial charge in [0.15, 0.2) is 0 Å². The molecule has 0 bridgehead atoms. The largest absolute Gasteiger partial charge is 0.384 e. The van der Waals surface area contributed by atoms with Crippen molar-refractivity contribution < 1.29 is 4.74 Å². The summed E-state index contributed by atoms with van der Waals surface area (Å²) in [6.07, 6.45) is 3.11. The zero-order valence-electron chi connectivity index (χ0n) is 7.54. The molecule has 0 atom stereocenters. The molecule has 0 fully saturated rings. The van der Waals surface area contributed by atoms with Crippen LogP contribution in [0.1, 0.15) is 5.56 Å². The lowest BCUT2D eigenvalue weighted by molar-refractivity contribution is 0.202. The Balaban J connectivity index is 2.68. The van der Waals surface area contributed by atoms with Gasteiger partial charge in [-0.15, -0.1) is 11.8 Å². The zero-order valence-corrected chi connectivity index (χ0v) is 8.36. The van der Waals surface area contributed by atoms with E-state index in [1.54, 1.807) is 18.9 Å². The Labute approximate surface area is 78.1 Å². The fraction of sp³-hybridized carbons (Fsp3) is 0.400. The van der Waals surface area contributed by atoms with Crippen LogP contribution < -0.4 is 0 Å². The zero-order chi connectivity index (χ0) is 8.81. The van der Waals surface area contributed by atoms with Crippen LogP contribution in [0.5, 0.6) is 0 Å². The van der Waals surface area contributed by atoms with Gasteiger partial charge in [0.2, 0.25) is 0 Å². The van der Waals surface area contributed by atoms with E-state index in [0.717, 1.165) is 13.0 Å². The molecule has 0 unspecified atom stereocenters. The lowest BCUT2D eigenvalue weighted by Gasteiger charge is -2.05. The van der Waals surface area contributed by atoms with Gasteiger partial charge in [-0.3, -0.25) is 0 Å². The highest BCUT2D eigenvalue weighted by Crippen LogP contribution is 2.19. The van der Waals surface area contributed by atoms with Crippen molar-refractivity contribution >= 4 is 11.8 Å². The van der Waals surface area contributed by atoms with E-state index in [9.17, 15) is 0 Å². The first kappa shape index (κ1) is 9.62. The van der Waals surface area contributed by atoms with E-state index in [0.29, 0.717) is 0 Å². The van der Waals surface area contributed by atoms with Crippen LogP contribution in [0.3, 0.4) is 0 Å². The van der Waals surface area contributed by atoms with E-state index in [1.165, 1.54) is 10.5 Å². The summed E-state index contributed by atoms with van der Waals surface area (Å²) in [6, 6.07) is 8.45. The molecule has 0 aliphatic heterocycles. The van der Waals surface area contributed by atoms with Gasteiger partial charge in [0.25, 0.3) is 0 Å². The Hall–Kier alpha value is -0.470. The van der Waals surface area contributed by atoms with Crippen molar-refractivity contribution in [2.24, 2.45) is 0 Å². The second-order valence-corrected chi connectivity index (χ2v) is 3.40. The maximum Gasteiger partial charge on any atom is 0.0503 e. The second kappa shape index (κ2) is 5.22. The number of hydrogen-bond acceptors (Lipinski definition) is 2. The van der Waals surface area contributed by atoms with Crippen molar-refractivity contribution in [3.63, 3.8) is 0 Å². The van der Waals surface area contributed by atoms with Crippen molar-refractivity contribution in [1.82, 2.24) is 0 Å². The highest BCUT2D eigenvalue weighted by Gasteiger charge is 1.98. The third kappa shape index (κ3) is 2.54. The molecule has 12 heavy (non-hydrogen) atoms. The topological polar surface area (TPSA) is 9.23 Å². The van der Waals surface area contributed by atoms with Crippen LogP contribution in [0.25, 0.3) is 0 Å². The van der Waals surface area contributed by atoms with Crippen molar-refractivity contribution in [3.05, 3.63) is 29.8 Å². The SMILES string of the molecule is COCCc1ccccc1SC. The predicted molar refractivity (Wildman–Crippen MR) is 53.8 cm³/mol. The third-order valence-electron chi connectivity index (χ3n) is 1.77. The normalized spacial score (nSPS) is 10.2. The average Bonchev–Trinajstić information content (AvgIpc) is 2.15. The van der Waals surface area contributed by atoms with Gasteiger partial charge in [0.05, 0.1) is 6.61 Å². The number of thioether (sulfide) groups is 1. The van der Waals surface area contributed by atoms with E-state index in [1.807, 2.05) is 0 Å². The average molecular weight is 182 g/mol. The number of benzene rings is 1. The Kier molecular flexibility index (Phi) is 4.19. The van der Waals surface area contributed by atoms with Crippen LogP contribution in [-0.4, -0.2) is 20.0 Å². The third-order valence-corrected chi connectivity index (χ3v) is 2.61. The van der Waals surface area contributed by atoms with E-state index in [2.05, 4.69) is 30.5 Å². The first-order valence-corrected chi connectivity index (χ1v) is 5.21. The Bertz CT molecular complexity index is 235. The molecule has 1 rings (SSSR count). The first-order chi connectivity index (χ1) is 5.88. The van der Waals surface area contributed by atoms with Gasteiger partial charge < -0.3 is 4.74 Å². The minimum Gasteiger partial charge on any atom is -0.384 e. The molecule has 0 heterocycles. The fourth-order valence-corrected chi connectivity index (χ4v) is 1.77. The summed E-state index contributed by atoms with van der Waals surface area (Å²) in [7, 11) is 1.74. The summed E-state index contributed by atoms with van der Waals surface area (Å²) >= 11 is 1.79. The Morgan fingerprint density at radius 1 is 1.33 bits per heavy atom. The molecule has 0 radical (unpaired) electrons. The van der Waals surface area contributed by atoms with E-state index in [-0.39, 0.29) is 0 Å². The molecule has 1 nitrogen and oxygen atoms in total. The summed E-state index contributed by atoms with van der Waals surface area (Å²) in [5, 5.41) is 0. The molecular formula is C10H14OS. The van der Waals surface area contributed by atoms with Gasteiger partial charge in [-0.2, -0.15) is 0 Å². The smallest absolute Gasteiger partial charge is 0.0503 e. The molecule has 66 valence electrons. The van der Waals surface area contributed by atoms with Crippen molar-refractivity contribution in [2.75, 3.05) is 20.0 Å². The van der Waals surface area contributed by atoms with Crippen LogP contribution in [0.2, 0.25) is 0 Å².